The highest BCUT2D eigenvalue weighted by molar-refractivity contribution is 7.99. The van der Waals surface area contributed by atoms with Crippen LogP contribution in [0.4, 0.5) is 0 Å². The van der Waals surface area contributed by atoms with Gasteiger partial charge in [0.05, 0.1) is 5.02 Å². The predicted molar refractivity (Wildman–Crippen MR) is 86.5 cm³/mol. The van der Waals surface area contributed by atoms with Crippen molar-refractivity contribution in [3.8, 4) is 0 Å². The molecule has 0 aliphatic carbocycles. The molecule has 3 rings (SSSR count). The van der Waals surface area contributed by atoms with Gasteiger partial charge in [-0.2, -0.15) is 0 Å². The number of hydrogen-bond acceptors (Lipinski definition) is 5. The second kappa shape index (κ2) is 7.45. The summed E-state index contributed by atoms with van der Waals surface area (Å²) in [7, 11) is 2.01. The minimum Gasteiger partial charge on any atom is -0.317 e. The maximum Gasteiger partial charge on any atom is 0.197 e. The molecule has 0 bridgehead atoms. The minimum absolute atomic E-state index is 0. The molecule has 0 unspecified atom stereocenters. The van der Waals surface area contributed by atoms with Crippen molar-refractivity contribution in [2.45, 2.75) is 28.9 Å². The lowest BCUT2D eigenvalue weighted by molar-refractivity contribution is 0.434. The fourth-order valence-electron chi connectivity index (χ4n) is 2.38. The summed E-state index contributed by atoms with van der Waals surface area (Å²) in [6.45, 7) is 2.10. The highest BCUT2D eigenvalue weighted by Crippen LogP contribution is 2.32. The van der Waals surface area contributed by atoms with Crippen molar-refractivity contribution < 1.29 is 0 Å². The topological polar surface area (TPSA) is 55.6 Å². The van der Waals surface area contributed by atoms with Gasteiger partial charge >= 0.3 is 0 Å². The van der Waals surface area contributed by atoms with E-state index in [1.165, 1.54) is 11.8 Å². The number of aromatic nitrogens is 4. The molecule has 8 heteroatoms. The summed E-state index contributed by atoms with van der Waals surface area (Å²) < 4.78 is 2.06. The van der Waals surface area contributed by atoms with E-state index >= 15 is 0 Å². The number of piperidine rings is 1. The van der Waals surface area contributed by atoms with Gasteiger partial charge in [-0.25, -0.2) is 4.98 Å². The largest absolute Gasteiger partial charge is 0.317 e. The van der Waals surface area contributed by atoms with Gasteiger partial charge in [0.2, 0.25) is 0 Å². The van der Waals surface area contributed by atoms with Crippen LogP contribution in [0.2, 0.25) is 5.02 Å². The number of halogens is 2. The van der Waals surface area contributed by atoms with Crippen molar-refractivity contribution in [2.75, 3.05) is 13.1 Å². The van der Waals surface area contributed by atoms with Crippen LogP contribution in [0.25, 0.3) is 0 Å². The Hall–Kier alpha value is -0.820. The van der Waals surface area contributed by atoms with Crippen LogP contribution >= 0.6 is 35.8 Å². The van der Waals surface area contributed by atoms with Gasteiger partial charge in [0.1, 0.15) is 10.9 Å². The average Bonchev–Trinajstić information content (AvgIpc) is 2.84. The maximum absolute atomic E-state index is 6.13. The molecule has 114 valence electrons. The average molecular weight is 346 g/mol. The molecule has 0 radical (unpaired) electrons. The molecule has 0 saturated carbocycles. The molecule has 0 atom stereocenters. The van der Waals surface area contributed by atoms with Crippen molar-refractivity contribution >= 4 is 35.8 Å². The zero-order valence-corrected chi connectivity index (χ0v) is 14.0. The highest BCUT2D eigenvalue weighted by Gasteiger charge is 2.22. The molecule has 1 fully saturated rings. The van der Waals surface area contributed by atoms with Crippen LogP contribution in [0.1, 0.15) is 24.6 Å². The third-order valence-electron chi connectivity index (χ3n) is 3.49. The standard InChI is InChI=1S/C13H16ClN5S.ClH/c1-19-11(9-4-7-15-8-5-9)17-18-13(19)20-12-10(14)3-2-6-16-12;/h2-3,6,9,15H,4-5,7-8H2,1H3;1H. The van der Waals surface area contributed by atoms with Crippen molar-refractivity contribution in [2.24, 2.45) is 7.05 Å². The maximum atomic E-state index is 6.13. The van der Waals surface area contributed by atoms with E-state index in [1.54, 1.807) is 6.20 Å². The fourth-order valence-corrected chi connectivity index (χ4v) is 3.38. The van der Waals surface area contributed by atoms with Crippen LogP contribution in [0, 0.1) is 0 Å². The minimum atomic E-state index is 0. The van der Waals surface area contributed by atoms with Crippen LogP contribution in [0.5, 0.6) is 0 Å². The summed E-state index contributed by atoms with van der Waals surface area (Å²) in [4.78, 5) is 4.28. The van der Waals surface area contributed by atoms with Crippen molar-refractivity contribution in [1.29, 1.82) is 0 Å². The van der Waals surface area contributed by atoms with Crippen molar-refractivity contribution in [3.63, 3.8) is 0 Å². The first-order valence-corrected chi connectivity index (χ1v) is 7.83. The summed E-state index contributed by atoms with van der Waals surface area (Å²) in [5.41, 5.74) is 0. The predicted octanol–water partition coefficient (Wildman–Crippen LogP) is 2.90. The van der Waals surface area contributed by atoms with Crippen LogP contribution < -0.4 is 5.32 Å². The monoisotopic (exact) mass is 345 g/mol. The molecule has 1 N–H and O–H groups in total. The lowest BCUT2D eigenvalue weighted by atomic mass is 9.97. The fraction of sp³-hybridized carbons (Fsp3) is 0.462. The SMILES string of the molecule is Cl.Cn1c(Sc2ncccc2Cl)nnc1C1CCNCC1. The Morgan fingerprint density at radius 1 is 1.33 bits per heavy atom. The molecule has 21 heavy (non-hydrogen) atoms. The molecule has 1 aliphatic heterocycles. The van der Waals surface area contributed by atoms with Crippen LogP contribution in [-0.2, 0) is 7.05 Å². The van der Waals surface area contributed by atoms with Gasteiger partial charge in [-0.3, -0.25) is 0 Å². The van der Waals surface area contributed by atoms with Crippen LogP contribution in [-0.4, -0.2) is 32.8 Å². The molecular weight excluding hydrogens is 329 g/mol. The van der Waals surface area contributed by atoms with E-state index in [4.69, 9.17) is 11.6 Å². The lowest BCUT2D eigenvalue weighted by Gasteiger charge is -2.21. The third-order valence-corrected chi connectivity index (χ3v) is 4.96. The highest BCUT2D eigenvalue weighted by atomic mass is 35.5. The van der Waals surface area contributed by atoms with Crippen LogP contribution in [0.15, 0.2) is 28.5 Å². The van der Waals surface area contributed by atoms with Crippen LogP contribution in [0.3, 0.4) is 0 Å². The zero-order chi connectivity index (χ0) is 13.9. The van der Waals surface area contributed by atoms with E-state index < -0.39 is 0 Å². The second-order valence-corrected chi connectivity index (χ2v) is 6.18. The molecule has 1 saturated heterocycles. The van der Waals surface area contributed by atoms with Gasteiger partial charge in [-0.05, 0) is 49.8 Å². The Labute approximate surface area is 139 Å². The molecule has 1 aliphatic rings. The third kappa shape index (κ3) is 3.69. The summed E-state index contributed by atoms with van der Waals surface area (Å²) in [5.74, 6) is 1.54. The van der Waals surface area contributed by atoms with Gasteiger partial charge < -0.3 is 9.88 Å². The van der Waals surface area contributed by atoms with E-state index in [9.17, 15) is 0 Å². The first-order valence-electron chi connectivity index (χ1n) is 6.64. The Morgan fingerprint density at radius 3 is 2.81 bits per heavy atom. The number of hydrogen-bond donors (Lipinski definition) is 1. The summed E-state index contributed by atoms with van der Waals surface area (Å²) in [6.07, 6.45) is 3.96. The molecular formula is C13H17Cl2N5S. The Balaban J connectivity index is 0.00000161. The van der Waals surface area contributed by atoms with E-state index in [0.717, 1.165) is 41.9 Å². The van der Waals surface area contributed by atoms with Gasteiger partial charge in [0, 0.05) is 19.2 Å². The molecule has 0 amide bonds. The number of pyridine rings is 1. The lowest BCUT2D eigenvalue weighted by Crippen LogP contribution is -2.27. The smallest absolute Gasteiger partial charge is 0.197 e. The molecule has 3 heterocycles. The number of nitrogens with zero attached hydrogens (tertiary/aromatic N) is 4. The summed E-state index contributed by atoms with van der Waals surface area (Å²) in [6, 6.07) is 3.66. The quantitative estimate of drug-likeness (QED) is 0.926. The van der Waals surface area contributed by atoms with Gasteiger partial charge in [-0.15, -0.1) is 22.6 Å². The first-order chi connectivity index (χ1) is 9.75. The van der Waals surface area contributed by atoms with Gasteiger partial charge in [0.15, 0.2) is 5.16 Å². The number of rotatable bonds is 3. The molecule has 0 spiro atoms. The van der Waals surface area contributed by atoms with Crippen molar-refractivity contribution in [3.05, 3.63) is 29.2 Å². The Morgan fingerprint density at radius 2 is 2.10 bits per heavy atom. The summed E-state index contributed by atoms with van der Waals surface area (Å²) >= 11 is 7.59. The Bertz CT molecular complexity index is 598. The van der Waals surface area contributed by atoms with E-state index in [2.05, 4.69) is 25.1 Å². The molecule has 5 nitrogen and oxygen atoms in total. The van der Waals surface area contributed by atoms with E-state index in [1.807, 2.05) is 19.2 Å². The van der Waals surface area contributed by atoms with E-state index in [0.29, 0.717) is 10.9 Å². The normalized spacial score (nSPS) is 15.7. The molecule has 0 aromatic carbocycles. The van der Waals surface area contributed by atoms with Gasteiger partial charge in [0.25, 0.3) is 0 Å². The second-order valence-electron chi connectivity index (χ2n) is 4.82. The van der Waals surface area contributed by atoms with Gasteiger partial charge in [-0.1, -0.05) is 11.6 Å². The van der Waals surface area contributed by atoms with Crippen molar-refractivity contribution in [1.82, 2.24) is 25.1 Å². The molecule has 2 aromatic heterocycles. The summed E-state index contributed by atoms with van der Waals surface area (Å²) in [5, 5.41) is 14.3. The molecule has 2 aromatic rings. The first kappa shape index (κ1) is 16.5. The Kier molecular flexibility index (Phi) is 5.87. The number of nitrogens with one attached hydrogen (secondary N) is 1. The zero-order valence-electron chi connectivity index (χ0n) is 11.6. The van der Waals surface area contributed by atoms with E-state index in [-0.39, 0.29) is 12.4 Å².